The van der Waals surface area contributed by atoms with Crippen LogP contribution in [0.2, 0.25) is 0 Å². The lowest BCUT2D eigenvalue weighted by Gasteiger charge is -2.26. The summed E-state index contributed by atoms with van der Waals surface area (Å²) in [6.07, 6.45) is 3.30. The third-order valence-corrected chi connectivity index (χ3v) is 2.11. The van der Waals surface area contributed by atoms with E-state index >= 15 is 0 Å². The highest BCUT2D eigenvalue weighted by Gasteiger charge is 2.20. The number of ether oxygens (including phenoxy) is 1. The number of aryl methyl sites for hydroxylation is 1. The molecule has 1 aromatic rings. The van der Waals surface area contributed by atoms with Crippen molar-refractivity contribution in [3.63, 3.8) is 0 Å². The number of rotatable bonds is 2. The molecule has 0 saturated carbocycles. The zero-order valence-corrected chi connectivity index (χ0v) is 7.99. The van der Waals surface area contributed by atoms with Crippen LogP contribution in [0, 0.1) is 6.92 Å². The normalized spacial score (nSPS) is 16.1. The van der Waals surface area contributed by atoms with E-state index in [2.05, 4.69) is 10.3 Å². The lowest BCUT2D eigenvalue weighted by Crippen LogP contribution is -2.48. The molecule has 0 aromatic carbocycles. The van der Waals surface area contributed by atoms with E-state index in [-0.39, 0.29) is 11.9 Å². The number of nitrogens with one attached hydrogen (secondary N) is 1. The van der Waals surface area contributed by atoms with E-state index in [9.17, 15) is 4.79 Å². The maximum absolute atomic E-state index is 11.6. The summed E-state index contributed by atoms with van der Waals surface area (Å²) in [4.78, 5) is 15.6. The second kappa shape index (κ2) is 3.75. The average molecular weight is 192 g/mol. The van der Waals surface area contributed by atoms with E-state index in [1.807, 2.05) is 13.0 Å². The Balaban J connectivity index is 2.02. The predicted molar refractivity (Wildman–Crippen MR) is 51.0 cm³/mol. The summed E-state index contributed by atoms with van der Waals surface area (Å²) in [6, 6.07) is 1.99. The Labute approximate surface area is 82.3 Å². The molecule has 1 fully saturated rings. The molecule has 0 atom stereocenters. The van der Waals surface area contributed by atoms with E-state index in [1.165, 1.54) is 0 Å². The van der Waals surface area contributed by atoms with Crippen LogP contribution in [-0.4, -0.2) is 30.1 Å². The summed E-state index contributed by atoms with van der Waals surface area (Å²) in [5.41, 5.74) is 1.60. The number of carbonyl (C=O) groups is 1. The summed E-state index contributed by atoms with van der Waals surface area (Å²) < 4.78 is 4.96. The van der Waals surface area contributed by atoms with Crippen molar-refractivity contribution in [1.29, 1.82) is 0 Å². The molecule has 2 heterocycles. The molecular formula is C10H12N2O2. The van der Waals surface area contributed by atoms with Crippen LogP contribution in [0.25, 0.3) is 0 Å². The lowest BCUT2D eigenvalue weighted by molar-refractivity contribution is -0.00347. The van der Waals surface area contributed by atoms with Gasteiger partial charge in [0.1, 0.15) is 0 Å². The van der Waals surface area contributed by atoms with Crippen molar-refractivity contribution in [3.05, 3.63) is 29.6 Å². The Morgan fingerprint density at radius 2 is 2.36 bits per heavy atom. The highest BCUT2D eigenvalue weighted by atomic mass is 16.5. The Morgan fingerprint density at radius 3 is 2.93 bits per heavy atom. The minimum absolute atomic E-state index is 0.0745. The smallest absolute Gasteiger partial charge is 0.253 e. The number of amides is 1. The third kappa shape index (κ3) is 1.90. The second-order valence-corrected chi connectivity index (χ2v) is 3.46. The predicted octanol–water partition coefficient (Wildman–Crippen LogP) is 0.519. The molecule has 1 aliphatic heterocycles. The summed E-state index contributed by atoms with van der Waals surface area (Å²) in [6.45, 7) is 3.15. The van der Waals surface area contributed by atoms with Gasteiger partial charge in [-0.2, -0.15) is 0 Å². The summed E-state index contributed by atoms with van der Waals surface area (Å²) in [5.74, 6) is -0.0745. The molecule has 1 aromatic heterocycles. The first-order chi connectivity index (χ1) is 6.75. The van der Waals surface area contributed by atoms with Crippen molar-refractivity contribution >= 4 is 5.91 Å². The Morgan fingerprint density at radius 1 is 1.57 bits per heavy atom. The van der Waals surface area contributed by atoms with Crippen LogP contribution >= 0.6 is 0 Å². The van der Waals surface area contributed by atoms with Gasteiger partial charge in [-0.3, -0.25) is 9.78 Å². The molecule has 2 rings (SSSR count). The van der Waals surface area contributed by atoms with Crippen molar-refractivity contribution in [1.82, 2.24) is 10.3 Å². The van der Waals surface area contributed by atoms with E-state index in [0.29, 0.717) is 18.8 Å². The SMILES string of the molecule is Cc1cncc(C(=O)NC2COC2)c1. The number of nitrogens with zero attached hydrogens (tertiary/aromatic N) is 1. The summed E-state index contributed by atoms with van der Waals surface area (Å²) >= 11 is 0. The van der Waals surface area contributed by atoms with Gasteiger partial charge in [-0.1, -0.05) is 0 Å². The van der Waals surface area contributed by atoms with Gasteiger partial charge in [0.25, 0.3) is 5.91 Å². The van der Waals surface area contributed by atoms with Crippen LogP contribution < -0.4 is 5.32 Å². The van der Waals surface area contributed by atoms with Crippen LogP contribution in [0.15, 0.2) is 18.5 Å². The van der Waals surface area contributed by atoms with Crippen molar-refractivity contribution < 1.29 is 9.53 Å². The molecule has 4 heteroatoms. The van der Waals surface area contributed by atoms with Gasteiger partial charge in [0.05, 0.1) is 24.8 Å². The monoisotopic (exact) mass is 192 g/mol. The first kappa shape index (κ1) is 9.15. The highest BCUT2D eigenvalue weighted by Crippen LogP contribution is 2.04. The highest BCUT2D eigenvalue weighted by molar-refractivity contribution is 5.94. The van der Waals surface area contributed by atoms with Crippen molar-refractivity contribution in [2.24, 2.45) is 0 Å². The molecule has 0 bridgehead atoms. The number of carbonyl (C=O) groups excluding carboxylic acids is 1. The minimum atomic E-state index is -0.0745. The number of pyridine rings is 1. The number of hydrogen-bond acceptors (Lipinski definition) is 3. The fourth-order valence-electron chi connectivity index (χ4n) is 1.27. The van der Waals surface area contributed by atoms with Crippen LogP contribution in [0.3, 0.4) is 0 Å². The van der Waals surface area contributed by atoms with Gasteiger partial charge in [-0.25, -0.2) is 0 Å². The second-order valence-electron chi connectivity index (χ2n) is 3.46. The van der Waals surface area contributed by atoms with Gasteiger partial charge in [-0.15, -0.1) is 0 Å². The molecule has 0 radical (unpaired) electrons. The first-order valence-electron chi connectivity index (χ1n) is 4.56. The van der Waals surface area contributed by atoms with Crippen molar-refractivity contribution in [3.8, 4) is 0 Å². The Bertz CT molecular complexity index is 348. The van der Waals surface area contributed by atoms with Crippen LogP contribution in [0.1, 0.15) is 15.9 Å². The molecular weight excluding hydrogens is 180 g/mol. The zero-order valence-electron chi connectivity index (χ0n) is 7.99. The quantitative estimate of drug-likeness (QED) is 0.743. The molecule has 1 amide bonds. The molecule has 0 spiro atoms. The standard InChI is InChI=1S/C10H12N2O2/c1-7-2-8(4-11-3-7)10(13)12-9-5-14-6-9/h2-4,9H,5-6H2,1H3,(H,12,13). The van der Waals surface area contributed by atoms with Gasteiger partial charge >= 0.3 is 0 Å². The minimum Gasteiger partial charge on any atom is -0.377 e. The zero-order chi connectivity index (χ0) is 9.97. The van der Waals surface area contributed by atoms with Gasteiger partial charge in [0, 0.05) is 12.4 Å². The molecule has 0 unspecified atom stereocenters. The fourth-order valence-corrected chi connectivity index (χ4v) is 1.27. The molecule has 1 aliphatic rings. The van der Waals surface area contributed by atoms with Crippen LogP contribution in [0.4, 0.5) is 0 Å². The largest absolute Gasteiger partial charge is 0.377 e. The molecule has 4 nitrogen and oxygen atoms in total. The summed E-state index contributed by atoms with van der Waals surface area (Å²) in [7, 11) is 0. The molecule has 74 valence electrons. The summed E-state index contributed by atoms with van der Waals surface area (Å²) in [5, 5.41) is 2.86. The number of hydrogen-bond donors (Lipinski definition) is 1. The lowest BCUT2D eigenvalue weighted by atomic mass is 10.2. The van der Waals surface area contributed by atoms with E-state index < -0.39 is 0 Å². The third-order valence-electron chi connectivity index (χ3n) is 2.11. The molecule has 1 saturated heterocycles. The van der Waals surface area contributed by atoms with Gasteiger partial charge in [-0.05, 0) is 18.6 Å². The van der Waals surface area contributed by atoms with E-state index in [4.69, 9.17) is 4.74 Å². The maximum atomic E-state index is 11.6. The van der Waals surface area contributed by atoms with Gasteiger partial charge < -0.3 is 10.1 Å². The van der Waals surface area contributed by atoms with E-state index in [0.717, 1.165) is 5.56 Å². The molecule has 1 N–H and O–H groups in total. The Hall–Kier alpha value is -1.42. The molecule has 0 aliphatic carbocycles. The van der Waals surface area contributed by atoms with E-state index in [1.54, 1.807) is 12.4 Å². The van der Waals surface area contributed by atoms with Crippen LogP contribution in [-0.2, 0) is 4.74 Å². The topological polar surface area (TPSA) is 51.2 Å². The first-order valence-corrected chi connectivity index (χ1v) is 4.56. The maximum Gasteiger partial charge on any atom is 0.253 e. The van der Waals surface area contributed by atoms with Gasteiger partial charge in [0.2, 0.25) is 0 Å². The van der Waals surface area contributed by atoms with Gasteiger partial charge in [0.15, 0.2) is 0 Å². The molecule has 14 heavy (non-hydrogen) atoms. The van der Waals surface area contributed by atoms with Crippen molar-refractivity contribution in [2.45, 2.75) is 13.0 Å². The fraction of sp³-hybridized carbons (Fsp3) is 0.400. The number of aromatic nitrogens is 1. The average Bonchev–Trinajstić information content (AvgIpc) is 2.11. The van der Waals surface area contributed by atoms with Crippen molar-refractivity contribution in [2.75, 3.05) is 13.2 Å². The van der Waals surface area contributed by atoms with Crippen LogP contribution in [0.5, 0.6) is 0 Å². The Kier molecular flexibility index (Phi) is 2.45.